The summed E-state index contributed by atoms with van der Waals surface area (Å²) in [6.45, 7) is 4.87. The van der Waals surface area contributed by atoms with Crippen LogP contribution in [0.5, 0.6) is 0 Å². The van der Waals surface area contributed by atoms with Crippen molar-refractivity contribution in [3.63, 3.8) is 0 Å². The monoisotopic (exact) mass is 229 g/mol. The molecule has 2 amide bonds. The molecule has 0 bridgehead atoms. The Kier molecular flexibility index (Phi) is 7.54. The zero-order valence-corrected chi connectivity index (χ0v) is 10.5. The van der Waals surface area contributed by atoms with Crippen LogP contribution in [0, 0.1) is 0 Å². The topological polar surface area (TPSA) is 75.4 Å². The lowest BCUT2D eigenvalue weighted by atomic mass is 10.2. The van der Waals surface area contributed by atoms with Gasteiger partial charge in [-0.2, -0.15) is 0 Å². The molecule has 5 nitrogen and oxygen atoms in total. The third kappa shape index (κ3) is 5.70. The van der Waals surface area contributed by atoms with Crippen molar-refractivity contribution in [1.82, 2.24) is 10.2 Å². The molecule has 0 rings (SSSR count). The third-order valence-electron chi connectivity index (χ3n) is 2.56. The van der Waals surface area contributed by atoms with Crippen LogP contribution in [0.25, 0.3) is 0 Å². The lowest BCUT2D eigenvalue weighted by Gasteiger charge is -2.23. The smallest absolute Gasteiger partial charge is 0.222 e. The van der Waals surface area contributed by atoms with E-state index in [4.69, 9.17) is 5.73 Å². The molecule has 0 saturated carbocycles. The van der Waals surface area contributed by atoms with Gasteiger partial charge in [-0.25, -0.2) is 0 Å². The lowest BCUT2D eigenvalue weighted by Crippen LogP contribution is -2.39. The summed E-state index contributed by atoms with van der Waals surface area (Å²) in [5, 5.41) is 2.70. The second-order valence-corrected chi connectivity index (χ2v) is 3.90. The summed E-state index contributed by atoms with van der Waals surface area (Å²) in [6, 6.07) is 0.0527. The number of hydrogen-bond donors (Lipinski definition) is 2. The van der Waals surface area contributed by atoms with E-state index in [1.807, 2.05) is 13.8 Å². The van der Waals surface area contributed by atoms with E-state index in [0.29, 0.717) is 32.4 Å². The molecule has 0 fully saturated rings. The zero-order chi connectivity index (χ0) is 12.6. The highest BCUT2D eigenvalue weighted by molar-refractivity contribution is 5.78. The molecule has 0 aliphatic heterocycles. The number of carbonyl (C=O) groups is 2. The van der Waals surface area contributed by atoms with Gasteiger partial charge in [0.05, 0.1) is 0 Å². The Bertz CT molecular complexity index is 231. The van der Waals surface area contributed by atoms with Crippen molar-refractivity contribution < 1.29 is 9.59 Å². The fourth-order valence-corrected chi connectivity index (χ4v) is 1.27. The van der Waals surface area contributed by atoms with E-state index >= 15 is 0 Å². The predicted molar refractivity (Wildman–Crippen MR) is 63.8 cm³/mol. The Morgan fingerprint density at radius 1 is 1.38 bits per heavy atom. The van der Waals surface area contributed by atoms with Gasteiger partial charge < -0.3 is 16.0 Å². The zero-order valence-electron chi connectivity index (χ0n) is 10.5. The fourth-order valence-electron chi connectivity index (χ4n) is 1.27. The minimum absolute atomic E-state index is 0.00447. The summed E-state index contributed by atoms with van der Waals surface area (Å²) in [5.74, 6) is 0.0482. The van der Waals surface area contributed by atoms with E-state index in [-0.39, 0.29) is 17.9 Å². The molecule has 1 unspecified atom stereocenters. The van der Waals surface area contributed by atoms with Crippen molar-refractivity contribution in [3.8, 4) is 0 Å². The summed E-state index contributed by atoms with van der Waals surface area (Å²) < 4.78 is 0. The van der Waals surface area contributed by atoms with Crippen molar-refractivity contribution in [2.45, 2.75) is 39.2 Å². The number of amides is 2. The van der Waals surface area contributed by atoms with E-state index in [0.717, 1.165) is 0 Å². The highest BCUT2D eigenvalue weighted by Gasteiger charge is 2.14. The highest BCUT2D eigenvalue weighted by Crippen LogP contribution is 2.02. The lowest BCUT2D eigenvalue weighted by molar-refractivity contribution is -0.131. The van der Waals surface area contributed by atoms with Crippen molar-refractivity contribution in [2.75, 3.05) is 20.1 Å². The van der Waals surface area contributed by atoms with E-state index in [1.54, 1.807) is 11.9 Å². The first-order valence-electron chi connectivity index (χ1n) is 5.75. The molecule has 94 valence electrons. The quantitative estimate of drug-likeness (QED) is 0.650. The van der Waals surface area contributed by atoms with E-state index in [1.165, 1.54) is 0 Å². The van der Waals surface area contributed by atoms with Gasteiger partial charge in [-0.05, 0) is 20.3 Å². The van der Waals surface area contributed by atoms with Gasteiger partial charge in [0.25, 0.3) is 0 Å². The highest BCUT2D eigenvalue weighted by atomic mass is 16.2. The van der Waals surface area contributed by atoms with Crippen LogP contribution in [0.2, 0.25) is 0 Å². The largest absolute Gasteiger partial charge is 0.356 e. The van der Waals surface area contributed by atoms with Gasteiger partial charge in [-0.15, -0.1) is 0 Å². The maximum Gasteiger partial charge on any atom is 0.222 e. The van der Waals surface area contributed by atoms with Gasteiger partial charge in [-0.3, -0.25) is 9.59 Å². The molecule has 0 aromatic heterocycles. The Balaban J connectivity index is 3.77. The molecule has 0 saturated heterocycles. The molecular formula is C11H23N3O2. The van der Waals surface area contributed by atoms with Crippen LogP contribution < -0.4 is 11.1 Å². The molecule has 16 heavy (non-hydrogen) atoms. The molecule has 3 N–H and O–H groups in total. The summed E-state index contributed by atoms with van der Waals surface area (Å²) >= 11 is 0. The van der Waals surface area contributed by atoms with Gasteiger partial charge >= 0.3 is 0 Å². The van der Waals surface area contributed by atoms with Gasteiger partial charge in [0, 0.05) is 39.0 Å². The maximum absolute atomic E-state index is 11.6. The van der Waals surface area contributed by atoms with Crippen LogP contribution in [-0.2, 0) is 9.59 Å². The minimum atomic E-state index is 0.00447. The predicted octanol–water partition coefficient (Wildman–Crippen LogP) is 0.0984. The number of nitrogens with two attached hydrogens (primary N) is 1. The Hall–Kier alpha value is -1.10. The van der Waals surface area contributed by atoms with Gasteiger partial charge in [-0.1, -0.05) is 0 Å². The first kappa shape index (κ1) is 14.9. The van der Waals surface area contributed by atoms with Crippen LogP contribution in [0.4, 0.5) is 0 Å². The van der Waals surface area contributed by atoms with Crippen LogP contribution in [0.15, 0.2) is 0 Å². The molecule has 0 aromatic rings. The van der Waals surface area contributed by atoms with Crippen LogP contribution in [-0.4, -0.2) is 42.9 Å². The Morgan fingerprint density at radius 3 is 2.50 bits per heavy atom. The van der Waals surface area contributed by atoms with Crippen molar-refractivity contribution in [2.24, 2.45) is 5.73 Å². The van der Waals surface area contributed by atoms with Gasteiger partial charge in [0.1, 0.15) is 0 Å². The van der Waals surface area contributed by atoms with Crippen molar-refractivity contribution in [3.05, 3.63) is 0 Å². The SMILES string of the molecule is CCNC(=O)CCCC(=O)N(C)C(C)CN. The van der Waals surface area contributed by atoms with Crippen molar-refractivity contribution >= 4 is 11.8 Å². The fraction of sp³-hybridized carbons (Fsp3) is 0.818. The molecule has 0 aromatic carbocycles. The number of rotatable bonds is 7. The molecular weight excluding hydrogens is 206 g/mol. The molecule has 0 aliphatic carbocycles. The second kappa shape index (κ2) is 8.10. The normalized spacial score (nSPS) is 12.0. The molecule has 1 atom stereocenters. The average Bonchev–Trinajstić information content (AvgIpc) is 2.27. The van der Waals surface area contributed by atoms with Crippen LogP contribution >= 0.6 is 0 Å². The second-order valence-electron chi connectivity index (χ2n) is 3.90. The molecule has 0 aliphatic rings. The maximum atomic E-state index is 11.6. The summed E-state index contributed by atoms with van der Waals surface area (Å²) in [6.07, 6.45) is 1.40. The third-order valence-corrected chi connectivity index (χ3v) is 2.56. The van der Waals surface area contributed by atoms with E-state index in [9.17, 15) is 9.59 Å². The minimum Gasteiger partial charge on any atom is -0.356 e. The first-order chi connectivity index (χ1) is 7.52. The average molecular weight is 229 g/mol. The summed E-state index contributed by atoms with van der Waals surface area (Å²) in [7, 11) is 1.74. The standard InChI is InChI=1S/C11H23N3O2/c1-4-13-10(15)6-5-7-11(16)14(3)9(2)8-12/h9H,4-8,12H2,1-3H3,(H,13,15). The van der Waals surface area contributed by atoms with Crippen LogP contribution in [0.3, 0.4) is 0 Å². The molecule has 0 heterocycles. The van der Waals surface area contributed by atoms with Crippen LogP contribution in [0.1, 0.15) is 33.1 Å². The molecule has 0 spiro atoms. The Labute approximate surface area is 97.4 Å². The number of nitrogens with zero attached hydrogens (tertiary/aromatic N) is 1. The number of carbonyl (C=O) groups excluding carboxylic acids is 2. The number of hydrogen-bond acceptors (Lipinski definition) is 3. The molecule has 0 radical (unpaired) electrons. The summed E-state index contributed by atoms with van der Waals surface area (Å²) in [5.41, 5.74) is 5.47. The van der Waals surface area contributed by atoms with E-state index < -0.39 is 0 Å². The number of nitrogens with one attached hydrogen (secondary N) is 1. The van der Waals surface area contributed by atoms with Gasteiger partial charge in [0.15, 0.2) is 0 Å². The van der Waals surface area contributed by atoms with Gasteiger partial charge in [0.2, 0.25) is 11.8 Å². The number of likely N-dealkylation sites (N-methyl/N-ethyl adjacent to an activating group) is 1. The van der Waals surface area contributed by atoms with Crippen molar-refractivity contribution in [1.29, 1.82) is 0 Å². The Morgan fingerprint density at radius 2 is 2.00 bits per heavy atom. The molecule has 5 heteroatoms. The summed E-state index contributed by atoms with van der Waals surface area (Å²) in [4.78, 5) is 24.4. The first-order valence-corrected chi connectivity index (χ1v) is 5.75. The van der Waals surface area contributed by atoms with E-state index in [2.05, 4.69) is 5.32 Å².